The quantitative estimate of drug-likeness (QED) is 0.826. The minimum absolute atomic E-state index is 0.299. The molecule has 2 aromatic carbocycles. The maximum atomic E-state index is 12.1. The molecule has 0 saturated heterocycles. The second-order valence-electron chi connectivity index (χ2n) is 4.12. The zero-order valence-corrected chi connectivity index (χ0v) is 12.5. The number of amides is 1. The normalized spacial score (nSPS) is 12.0. The van der Waals surface area contributed by atoms with E-state index in [2.05, 4.69) is 5.32 Å². The number of rotatable bonds is 3. The first kappa shape index (κ1) is 15.1. The van der Waals surface area contributed by atoms with Gasteiger partial charge in [-0.15, -0.1) is 0 Å². The number of carbonyl (C=O) groups excluding carboxylic acids is 1. The molecule has 104 valence electrons. The van der Waals surface area contributed by atoms with Crippen LogP contribution < -0.4 is 11.1 Å². The van der Waals surface area contributed by atoms with Gasteiger partial charge < -0.3 is 11.1 Å². The van der Waals surface area contributed by atoms with Crippen molar-refractivity contribution in [3.63, 3.8) is 0 Å². The van der Waals surface area contributed by atoms with Crippen LogP contribution >= 0.6 is 34.8 Å². The predicted octanol–water partition coefficient (Wildman–Crippen LogP) is 4.29. The minimum Gasteiger partial charge on any atom is -0.323 e. The Morgan fingerprint density at radius 2 is 1.60 bits per heavy atom. The van der Waals surface area contributed by atoms with Crippen molar-refractivity contribution in [1.29, 1.82) is 0 Å². The van der Waals surface area contributed by atoms with E-state index in [9.17, 15) is 4.79 Å². The minimum atomic E-state index is -0.790. The van der Waals surface area contributed by atoms with E-state index in [4.69, 9.17) is 40.5 Å². The smallest absolute Gasteiger partial charge is 0.245 e. The van der Waals surface area contributed by atoms with Crippen LogP contribution in [0.25, 0.3) is 0 Å². The standard InChI is InChI=1S/C14H11Cl3N2O/c15-9-6-11(17)12(7-10(9)16)19-14(20)13(18)8-4-2-1-3-5-8/h1-7,13H,18H2,(H,19,20)/t13-/m1/s1. The summed E-state index contributed by atoms with van der Waals surface area (Å²) in [6.07, 6.45) is 0. The van der Waals surface area contributed by atoms with Gasteiger partial charge in [-0.25, -0.2) is 0 Å². The highest BCUT2D eigenvalue weighted by atomic mass is 35.5. The van der Waals surface area contributed by atoms with E-state index in [-0.39, 0.29) is 5.91 Å². The summed E-state index contributed by atoms with van der Waals surface area (Å²) in [7, 11) is 0. The Labute approximate surface area is 131 Å². The van der Waals surface area contributed by atoms with Gasteiger partial charge in [0, 0.05) is 0 Å². The Balaban J connectivity index is 2.18. The number of carbonyl (C=O) groups is 1. The summed E-state index contributed by atoms with van der Waals surface area (Å²) in [5.41, 5.74) is 6.97. The fourth-order valence-electron chi connectivity index (χ4n) is 1.64. The van der Waals surface area contributed by atoms with Crippen LogP contribution in [0, 0.1) is 0 Å². The number of benzene rings is 2. The predicted molar refractivity (Wildman–Crippen MR) is 83.5 cm³/mol. The maximum absolute atomic E-state index is 12.1. The van der Waals surface area contributed by atoms with Gasteiger partial charge in [-0.05, 0) is 17.7 Å². The molecule has 0 heterocycles. The molecule has 0 radical (unpaired) electrons. The van der Waals surface area contributed by atoms with Crippen LogP contribution in [0.5, 0.6) is 0 Å². The highest BCUT2D eigenvalue weighted by molar-refractivity contribution is 6.44. The maximum Gasteiger partial charge on any atom is 0.245 e. The highest BCUT2D eigenvalue weighted by Crippen LogP contribution is 2.32. The molecule has 0 unspecified atom stereocenters. The molecule has 6 heteroatoms. The van der Waals surface area contributed by atoms with Crippen molar-refractivity contribution < 1.29 is 4.79 Å². The average molecular weight is 330 g/mol. The molecule has 0 aliphatic rings. The molecule has 0 spiro atoms. The van der Waals surface area contributed by atoms with Crippen molar-refractivity contribution in [2.75, 3.05) is 5.32 Å². The third kappa shape index (κ3) is 3.44. The fraction of sp³-hybridized carbons (Fsp3) is 0.0714. The summed E-state index contributed by atoms with van der Waals surface area (Å²) in [5, 5.41) is 3.56. The van der Waals surface area contributed by atoms with E-state index in [1.165, 1.54) is 12.1 Å². The van der Waals surface area contributed by atoms with Crippen molar-refractivity contribution >= 4 is 46.4 Å². The van der Waals surface area contributed by atoms with Crippen LogP contribution in [0.4, 0.5) is 5.69 Å². The molecule has 0 fully saturated rings. The van der Waals surface area contributed by atoms with Crippen LogP contribution in [0.3, 0.4) is 0 Å². The Morgan fingerprint density at radius 1 is 1.00 bits per heavy atom. The number of nitrogens with one attached hydrogen (secondary N) is 1. The molecule has 1 atom stereocenters. The fourth-order valence-corrected chi connectivity index (χ4v) is 2.23. The molecule has 0 aromatic heterocycles. The second-order valence-corrected chi connectivity index (χ2v) is 5.35. The summed E-state index contributed by atoms with van der Waals surface area (Å²) < 4.78 is 0. The first-order chi connectivity index (χ1) is 9.49. The Kier molecular flexibility index (Phi) is 4.89. The number of anilines is 1. The van der Waals surface area contributed by atoms with Crippen LogP contribution in [-0.4, -0.2) is 5.91 Å². The Morgan fingerprint density at radius 3 is 2.25 bits per heavy atom. The summed E-state index contributed by atoms with van der Waals surface area (Å²) in [5.74, 6) is -0.378. The topological polar surface area (TPSA) is 55.1 Å². The van der Waals surface area contributed by atoms with Crippen molar-refractivity contribution in [3.05, 3.63) is 63.1 Å². The van der Waals surface area contributed by atoms with Gasteiger partial charge in [0.25, 0.3) is 0 Å². The zero-order valence-electron chi connectivity index (χ0n) is 10.2. The Bertz CT molecular complexity index is 632. The van der Waals surface area contributed by atoms with Crippen molar-refractivity contribution in [1.82, 2.24) is 0 Å². The number of halogens is 3. The lowest BCUT2D eigenvalue weighted by Crippen LogP contribution is -2.27. The largest absolute Gasteiger partial charge is 0.323 e. The van der Waals surface area contributed by atoms with Crippen molar-refractivity contribution in [2.24, 2.45) is 5.73 Å². The van der Waals surface area contributed by atoms with Gasteiger partial charge >= 0.3 is 0 Å². The van der Waals surface area contributed by atoms with E-state index in [0.717, 1.165) is 0 Å². The number of hydrogen-bond donors (Lipinski definition) is 2. The van der Waals surface area contributed by atoms with Gasteiger partial charge in [-0.1, -0.05) is 65.1 Å². The first-order valence-electron chi connectivity index (χ1n) is 5.75. The van der Waals surface area contributed by atoms with Crippen molar-refractivity contribution in [3.8, 4) is 0 Å². The lowest BCUT2D eigenvalue weighted by molar-refractivity contribution is -0.117. The molecule has 2 aromatic rings. The van der Waals surface area contributed by atoms with Gasteiger partial charge in [0.2, 0.25) is 5.91 Å². The summed E-state index contributed by atoms with van der Waals surface area (Å²) >= 11 is 17.7. The molecule has 2 rings (SSSR count). The third-order valence-corrected chi connectivity index (χ3v) is 3.74. The summed E-state index contributed by atoms with van der Waals surface area (Å²) in [4.78, 5) is 12.1. The van der Waals surface area contributed by atoms with Gasteiger partial charge in [0.05, 0.1) is 20.8 Å². The van der Waals surface area contributed by atoms with Gasteiger partial charge in [-0.2, -0.15) is 0 Å². The van der Waals surface area contributed by atoms with Crippen LogP contribution in [0.1, 0.15) is 11.6 Å². The molecule has 0 saturated carbocycles. The zero-order chi connectivity index (χ0) is 14.7. The second kappa shape index (κ2) is 6.46. The molecule has 3 nitrogen and oxygen atoms in total. The average Bonchev–Trinajstić information content (AvgIpc) is 2.44. The lowest BCUT2D eigenvalue weighted by Gasteiger charge is -2.14. The lowest BCUT2D eigenvalue weighted by atomic mass is 10.1. The van der Waals surface area contributed by atoms with Gasteiger partial charge in [0.15, 0.2) is 0 Å². The van der Waals surface area contributed by atoms with Crippen LogP contribution in [0.2, 0.25) is 15.1 Å². The van der Waals surface area contributed by atoms with E-state index in [1.807, 2.05) is 18.2 Å². The van der Waals surface area contributed by atoms with Crippen LogP contribution in [-0.2, 0) is 4.79 Å². The SMILES string of the molecule is N[C@@H](C(=O)Nc1cc(Cl)c(Cl)cc1Cl)c1ccccc1. The molecule has 1 amide bonds. The van der Waals surface area contributed by atoms with Gasteiger partial charge in [0.1, 0.15) is 6.04 Å². The third-order valence-electron chi connectivity index (χ3n) is 2.71. The molecule has 0 aliphatic carbocycles. The molecule has 0 bridgehead atoms. The highest BCUT2D eigenvalue weighted by Gasteiger charge is 2.17. The van der Waals surface area contributed by atoms with E-state index >= 15 is 0 Å². The number of hydrogen-bond acceptors (Lipinski definition) is 2. The van der Waals surface area contributed by atoms with E-state index < -0.39 is 6.04 Å². The monoisotopic (exact) mass is 328 g/mol. The molecule has 20 heavy (non-hydrogen) atoms. The summed E-state index contributed by atoms with van der Waals surface area (Å²) in [6.45, 7) is 0. The first-order valence-corrected chi connectivity index (χ1v) is 6.88. The molecular weight excluding hydrogens is 319 g/mol. The van der Waals surface area contributed by atoms with Crippen LogP contribution in [0.15, 0.2) is 42.5 Å². The number of nitrogens with two attached hydrogens (primary N) is 1. The molecule has 3 N–H and O–H groups in total. The van der Waals surface area contributed by atoms with Crippen molar-refractivity contribution in [2.45, 2.75) is 6.04 Å². The van der Waals surface area contributed by atoms with E-state index in [0.29, 0.717) is 26.3 Å². The molecule has 0 aliphatic heterocycles. The summed E-state index contributed by atoms with van der Waals surface area (Å²) in [6, 6.07) is 11.2. The molecular formula is C14H11Cl3N2O. The van der Waals surface area contributed by atoms with Gasteiger partial charge in [-0.3, -0.25) is 4.79 Å². The Hall–Kier alpha value is -1.26. The van der Waals surface area contributed by atoms with E-state index in [1.54, 1.807) is 12.1 Å².